The highest BCUT2D eigenvalue weighted by Crippen LogP contribution is 2.35. The molecule has 10 heteroatoms. The molecule has 0 fully saturated rings. The number of rotatable bonds is 5. The quantitative estimate of drug-likeness (QED) is 0.185. The van der Waals surface area contributed by atoms with Gasteiger partial charge in [0.05, 0.1) is 17.7 Å². The average Bonchev–Trinajstić information content (AvgIpc) is 2.83. The van der Waals surface area contributed by atoms with Gasteiger partial charge in [-0.25, -0.2) is 17.4 Å². The van der Waals surface area contributed by atoms with E-state index < -0.39 is 45.9 Å². The van der Waals surface area contributed by atoms with Gasteiger partial charge in [-0.15, -0.1) is 0 Å². The Hall–Kier alpha value is -3.53. The number of aryl methyl sites for hydroxylation is 2. The van der Waals surface area contributed by atoms with Crippen LogP contribution < -0.4 is 8.92 Å². The number of benzene rings is 3. The van der Waals surface area contributed by atoms with Gasteiger partial charge in [0.15, 0.2) is 0 Å². The summed E-state index contributed by atoms with van der Waals surface area (Å²) in [6.45, 7) is 3.84. The van der Waals surface area contributed by atoms with Gasteiger partial charge in [-0.05, 0) is 54.6 Å². The van der Waals surface area contributed by atoms with Crippen LogP contribution in [0.1, 0.15) is 11.1 Å². The van der Waals surface area contributed by atoms with Crippen LogP contribution in [0.3, 0.4) is 0 Å². The van der Waals surface area contributed by atoms with Gasteiger partial charge in [-0.1, -0.05) is 12.1 Å². The molecule has 1 heterocycles. The summed E-state index contributed by atoms with van der Waals surface area (Å²) in [6.07, 6.45) is 1.53. The van der Waals surface area contributed by atoms with Crippen LogP contribution in [0.15, 0.2) is 47.5 Å². The number of ether oxygens (including phenoxy) is 1. The van der Waals surface area contributed by atoms with Crippen molar-refractivity contribution in [3.63, 3.8) is 0 Å². The highest BCUT2D eigenvalue weighted by Gasteiger charge is 2.29. The molecule has 0 radical (unpaired) electrons. The third-order valence-corrected chi connectivity index (χ3v) is 6.21. The van der Waals surface area contributed by atoms with Crippen molar-refractivity contribution >= 4 is 21.9 Å². The molecule has 3 aromatic carbocycles. The molecule has 34 heavy (non-hydrogen) atoms. The Morgan fingerprint density at radius 3 is 2.12 bits per heavy atom. The summed E-state index contributed by atoms with van der Waals surface area (Å²) in [5, 5.41) is 1.24. The van der Waals surface area contributed by atoms with Gasteiger partial charge < -0.3 is 8.92 Å². The van der Waals surface area contributed by atoms with E-state index in [1.807, 2.05) is 26.0 Å². The zero-order valence-electron chi connectivity index (χ0n) is 18.0. The predicted octanol–water partition coefficient (Wildman–Crippen LogP) is 6.32. The molecule has 4 aromatic rings. The van der Waals surface area contributed by atoms with Crippen LogP contribution in [0.5, 0.6) is 11.5 Å². The molecule has 0 aliphatic heterocycles. The van der Waals surface area contributed by atoms with Gasteiger partial charge in [0.25, 0.3) is 0 Å². The number of hydrogen-bond donors (Lipinski definition) is 0. The predicted molar refractivity (Wildman–Crippen MR) is 116 cm³/mol. The first kappa shape index (κ1) is 23.6. The van der Waals surface area contributed by atoms with E-state index in [4.69, 9.17) is 4.74 Å². The van der Waals surface area contributed by atoms with Crippen LogP contribution in [0.25, 0.3) is 22.0 Å². The molecule has 0 N–H and O–H groups in total. The second kappa shape index (κ2) is 9.02. The summed E-state index contributed by atoms with van der Waals surface area (Å²) in [4.78, 5) is 4.41. The fraction of sp³-hybridized carbons (Fsp3) is 0.125. The maximum absolute atomic E-state index is 13.9. The molecular formula is C24H16F5NO3S. The second-order valence-electron chi connectivity index (χ2n) is 7.40. The fourth-order valence-electron chi connectivity index (χ4n) is 3.56. The number of pyridine rings is 1. The summed E-state index contributed by atoms with van der Waals surface area (Å²) in [5.74, 6) is -12.1. The van der Waals surface area contributed by atoms with E-state index in [9.17, 15) is 26.2 Å². The largest absolute Gasteiger partial charge is 0.496 e. The molecule has 0 saturated heterocycles. The van der Waals surface area contributed by atoms with Crippen LogP contribution in [0.2, 0.25) is 0 Å². The first-order valence-electron chi connectivity index (χ1n) is 9.80. The fourth-order valence-corrected chi connectivity index (χ4v) is 4.36. The van der Waals surface area contributed by atoms with Crippen molar-refractivity contribution in [2.75, 3.05) is 7.11 Å². The Morgan fingerprint density at radius 1 is 0.824 bits per heavy atom. The summed E-state index contributed by atoms with van der Waals surface area (Å²) in [6, 6.07) is 9.79. The lowest BCUT2D eigenvalue weighted by Crippen LogP contribution is -2.09. The summed E-state index contributed by atoms with van der Waals surface area (Å²) >= 11 is -2.57. The van der Waals surface area contributed by atoms with Gasteiger partial charge in [-0.3, -0.25) is 4.98 Å². The average molecular weight is 493 g/mol. The van der Waals surface area contributed by atoms with Crippen LogP contribution in [-0.4, -0.2) is 16.3 Å². The first-order valence-corrected chi connectivity index (χ1v) is 10.9. The zero-order valence-corrected chi connectivity index (χ0v) is 18.8. The number of methoxy groups -OCH3 is 1. The highest BCUT2D eigenvalue weighted by molar-refractivity contribution is 7.80. The summed E-state index contributed by atoms with van der Waals surface area (Å²) in [7, 11) is 1.56. The van der Waals surface area contributed by atoms with Crippen molar-refractivity contribution in [2.24, 2.45) is 0 Å². The molecule has 0 bridgehead atoms. The third kappa shape index (κ3) is 3.98. The van der Waals surface area contributed by atoms with Gasteiger partial charge in [-0.2, -0.15) is 8.78 Å². The second-order valence-corrected chi connectivity index (χ2v) is 8.50. The maximum atomic E-state index is 13.9. The molecule has 0 saturated carbocycles. The molecule has 4 rings (SSSR count). The Labute approximate surface area is 193 Å². The maximum Gasteiger partial charge on any atom is 0.240 e. The first-order chi connectivity index (χ1) is 16.1. The van der Waals surface area contributed by atoms with Crippen LogP contribution in [0, 0.1) is 42.9 Å². The minimum Gasteiger partial charge on any atom is -0.496 e. The molecular weight excluding hydrogens is 477 g/mol. The minimum absolute atomic E-state index is 0.0493. The smallest absolute Gasteiger partial charge is 0.240 e. The molecule has 0 spiro atoms. The SMILES string of the molecule is COc1cc(-c2nccc3cc(S(=O)Oc4c(F)c(F)c(F)c(F)c4F)ccc23)c(C)cc1C. The number of nitrogens with zero attached hydrogens (tertiary/aromatic N) is 1. The monoisotopic (exact) mass is 493 g/mol. The topological polar surface area (TPSA) is 48.4 Å². The van der Waals surface area contributed by atoms with Gasteiger partial charge in [0, 0.05) is 17.1 Å². The lowest BCUT2D eigenvalue weighted by atomic mass is 9.98. The summed E-state index contributed by atoms with van der Waals surface area (Å²) in [5.41, 5.74) is 3.32. The van der Waals surface area contributed by atoms with Crippen molar-refractivity contribution in [1.82, 2.24) is 4.98 Å². The Balaban J connectivity index is 1.75. The van der Waals surface area contributed by atoms with Gasteiger partial charge in [0.2, 0.25) is 45.9 Å². The lowest BCUT2D eigenvalue weighted by Gasteiger charge is -2.13. The van der Waals surface area contributed by atoms with E-state index >= 15 is 0 Å². The third-order valence-electron chi connectivity index (χ3n) is 5.25. The van der Waals surface area contributed by atoms with Crippen molar-refractivity contribution < 1.29 is 35.1 Å². The van der Waals surface area contributed by atoms with E-state index in [2.05, 4.69) is 9.17 Å². The Bertz CT molecular complexity index is 1450. The van der Waals surface area contributed by atoms with E-state index in [-0.39, 0.29) is 4.90 Å². The lowest BCUT2D eigenvalue weighted by molar-refractivity contribution is 0.352. The number of halogens is 5. The highest BCUT2D eigenvalue weighted by atomic mass is 32.2. The number of fused-ring (bicyclic) bond motifs is 1. The molecule has 0 amide bonds. The van der Waals surface area contributed by atoms with E-state index in [1.54, 1.807) is 19.2 Å². The number of aromatic nitrogens is 1. The zero-order chi connectivity index (χ0) is 24.7. The molecule has 1 unspecified atom stereocenters. The molecule has 1 aromatic heterocycles. The van der Waals surface area contributed by atoms with Crippen LogP contribution in [-0.2, 0) is 11.1 Å². The standard InChI is InChI=1S/C24H16F5NO3S/c1-11-8-12(2)17(32-3)10-16(11)23-15-5-4-14(9-13(15)6-7-30-23)34(31)33-24-21(28)19(26)18(25)20(27)22(24)29/h4-10H,1-3H3. The van der Waals surface area contributed by atoms with Crippen LogP contribution >= 0.6 is 0 Å². The Morgan fingerprint density at radius 2 is 1.47 bits per heavy atom. The van der Waals surface area contributed by atoms with Crippen molar-refractivity contribution in [3.05, 3.63) is 82.8 Å². The van der Waals surface area contributed by atoms with E-state index in [1.165, 1.54) is 18.3 Å². The summed E-state index contributed by atoms with van der Waals surface area (Å²) < 4.78 is 90.5. The Kier molecular flexibility index (Phi) is 6.26. The van der Waals surface area contributed by atoms with Gasteiger partial charge in [0.1, 0.15) is 5.75 Å². The van der Waals surface area contributed by atoms with Crippen molar-refractivity contribution in [2.45, 2.75) is 18.7 Å². The molecule has 4 nitrogen and oxygen atoms in total. The van der Waals surface area contributed by atoms with Crippen molar-refractivity contribution in [3.8, 4) is 22.8 Å². The molecule has 1 atom stereocenters. The van der Waals surface area contributed by atoms with E-state index in [0.717, 1.165) is 16.7 Å². The number of hydrogen-bond acceptors (Lipinski definition) is 4. The molecule has 0 aliphatic rings. The molecule has 0 aliphatic carbocycles. The minimum atomic E-state index is -2.57. The normalized spacial score (nSPS) is 12.1. The van der Waals surface area contributed by atoms with Crippen molar-refractivity contribution in [1.29, 1.82) is 0 Å². The van der Waals surface area contributed by atoms with Crippen LogP contribution in [0.4, 0.5) is 22.0 Å². The van der Waals surface area contributed by atoms with E-state index in [0.29, 0.717) is 22.2 Å². The molecule has 176 valence electrons. The van der Waals surface area contributed by atoms with Gasteiger partial charge >= 0.3 is 0 Å².